The Hall–Kier alpha value is -0.961. The van der Waals surface area contributed by atoms with E-state index in [4.69, 9.17) is 9.98 Å². The summed E-state index contributed by atoms with van der Waals surface area (Å²) in [5, 5.41) is 0. The molecule has 0 amide bonds. The summed E-state index contributed by atoms with van der Waals surface area (Å²) < 4.78 is 0. The maximum absolute atomic E-state index is 5.15. The predicted octanol–water partition coefficient (Wildman–Crippen LogP) is 11.6. The summed E-state index contributed by atoms with van der Waals surface area (Å²) in [5.41, 5.74) is 11.5. The molecule has 1 N–H and O–H groups in total. The van der Waals surface area contributed by atoms with Gasteiger partial charge < -0.3 is 4.98 Å². The molecule has 0 radical (unpaired) electrons. The molecule has 1 heterocycles. The minimum absolute atomic E-state index is 0.421. The second kappa shape index (κ2) is 15.7. The van der Waals surface area contributed by atoms with Crippen LogP contribution in [-0.4, -0.2) is 16.4 Å². The van der Waals surface area contributed by atoms with Gasteiger partial charge in [0.15, 0.2) is 0 Å². The van der Waals surface area contributed by atoms with Gasteiger partial charge in [0.05, 0.1) is 34.2 Å². The molecular formula is C32H43FeI2N3. The molecule has 3 aromatic rings. The number of nitrogens with one attached hydrogen (secondary N) is 1. The van der Waals surface area contributed by atoms with Crippen molar-refractivity contribution in [3.05, 3.63) is 82.2 Å². The van der Waals surface area contributed by atoms with E-state index in [9.17, 15) is 0 Å². The van der Waals surface area contributed by atoms with Crippen molar-refractivity contribution >= 4 is 63.5 Å². The number of rotatable bonds is 8. The van der Waals surface area contributed by atoms with Gasteiger partial charge in [0, 0.05) is 0 Å². The fraction of sp³-hybridized carbons (Fsp3) is 0.438. The summed E-state index contributed by atoms with van der Waals surface area (Å²) in [7, 11) is 1.19. The van der Waals surface area contributed by atoms with Crippen LogP contribution < -0.4 is 0 Å². The molecule has 3 nitrogen and oxygen atoms in total. The van der Waals surface area contributed by atoms with Crippen molar-refractivity contribution in [3.8, 4) is 0 Å². The Labute approximate surface area is 259 Å². The zero-order chi connectivity index (χ0) is 28.6. The molecule has 0 saturated carbocycles. The van der Waals surface area contributed by atoms with E-state index in [1.54, 1.807) is 0 Å². The van der Waals surface area contributed by atoms with E-state index >= 15 is 0 Å². The van der Waals surface area contributed by atoms with Gasteiger partial charge in [-0.1, -0.05) is 91.8 Å². The Bertz CT molecular complexity index is 1110. The van der Waals surface area contributed by atoms with Crippen molar-refractivity contribution < 1.29 is 8.46 Å². The summed E-state index contributed by atoms with van der Waals surface area (Å²) in [4.78, 5) is 13.9. The molecule has 38 heavy (non-hydrogen) atoms. The van der Waals surface area contributed by atoms with E-state index in [0.29, 0.717) is 23.7 Å². The van der Waals surface area contributed by atoms with E-state index in [0.717, 1.165) is 34.2 Å². The number of benzene rings is 2. The van der Waals surface area contributed by atoms with Crippen LogP contribution in [0.4, 0.5) is 11.4 Å². The topological polar surface area (TPSA) is 40.5 Å². The molecule has 0 spiro atoms. The molecule has 0 aliphatic carbocycles. The van der Waals surface area contributed by atoms with Crippen molar-refractivity contribution in [2.75, 3.05) is 0 Å². The van der Waals surface area contributed by atoms with Crippen LogP contribution in [-0.2, 0) is 8.46 Å². The van der Waals surface area contributed by atoms with Gasteiger partial charge in [0.1, 0.15) is 0 Å². The maximum atomic E-state index is 5.15. The van der Waals surface area contributed by atoms with Gasteiger partial charge in [0.25, 0.3) is 0 Å². The van der Waals surface area contributed by atoms with Gasteiger partial charge >= 0.3 is 49.1 Å². The molecule has 0 aliphatic rings. The number of hydrogen-bond acceptors (Lipinski definition) is 2. The molecule has 0 atom stereocenters. The van der Waals surface area contributed by atoms with Crippen LogP contribution in [0, 0.1) is 0 Å². The van der Waals surface area contributed by atoms with Crippen molar-refractivity contribution in [1.82, 2.24) is 4.98 Å². The predicted molar refractivity (Wildman–Crippen MR) is 182 cm³/mol. The Morgan fingerprint density at radius 2 is 0.842 bits per heavy atom. The number of aromatic nitrogens is 1. The summed E-state index contributed by atoms with van der Waals surface area (Å²) in [6, 6.07) is 17.4. The number of para-hydroxylation sites is 2. The van der Waals surface area contributed by atoms with E-state index in [1.165, 1.54) is 30.7 Å². The van der Waals surface area contributed by atoms with Crippen molar-refractivity contribution in [2.45, 2.75) is 92.9 Å². The Morgan fingerprint density at radius 1 is 0.579 bits per heavy atom. The van der Waals surface area contributed by atoms with Crippen molar-refractivity contribution in [2.24, 2.45) is 9.98 Å². The van der Waals surface area contributed by atoms with Crippen LogP contribution in [0.2, 0.25) is 0 Å². The van der Waals surface area contributed by atoms with Gasteiger partial charge in [-0.05, 0) is 71.9 Å². The third kappa shape index (κ3) is 8.77. The minimum atomic E-state index is 0.421. The Balaban J connectivity index is 0.00000161. The first-order chi connectivity index (χ1) is 17.9. The molecule has 0 bridgehead atoms. The van der Waals surface area contributed by atoms with Crippen LogP contribution in [0.5, 0.6) is 0 Å². The second-order valence-electron chi connectivity index (χ2n) is 10.9. The normalized spacial score (nSPS) is 12.6. The SMILES string of the molecule is CC(=Nc1c(C(C)C)cccc1C(C)C)c1ccc(C(C)=Nc2c(C(C)C)cccc2C(C)C)[nH]1.[I][Fe][I]. The number of halogens is 2. The van der Waals surface area contributed by atoms with Gasteiger partial charge in [-0.2, -0.15) is 0 Å². The summed E-state index contributed by atoms with van der Waals surface area (Å²) in [5.74, 6) is 1.69. The number of H-pyrrole nitrogens is 1. The average Bonchev–Trinajstić information content (AvgIpc) is 3.35. The Morgan fingerprint density at radius 3 is 1.08 bits per heavy atom. The number of nitrogens with zero attached hydrogens (tertiary/aromatic N) is 2. The molecule has 208 valence electrons. The molecule has 0 aliphatic heterocycles. The summed E-state index contributed by atoms with van der Waals surface area (Å²) in [6.07, 6.45) is 0. The zero-order valence-electron chi connectivity index (χ0n) is 24.4. The molecule has 2 aromatic carbocycles. The fourth-order valence-corrected chi connectivity index (χ4v) is 4.55. The number of hydrogen-bond donors (Lipinski definition) is 1. The van der Waals surface area contributed by atoms with Crippen molar-refractivity contribution in [3.63, 3.8) is 0 Å². The third-order valence-electron chi connectivity index (χ3n) is 6.71. The van der Waals surface area contributed by atoms with Crippen LogP contribution in [0.3, 0.4) is 0 Å². The number of aliphatic imine (C=N–C) groups is 2. The first-order valence-electron chi connectivity index (χ1n) is 13.3. The molecule has 0 saturated heterocycles. The van der Waals surface area contributed by atoms with E-state index in [1.807, 2.05) is 0 Å². The van der Waals surface area contributed by atoms with E-state index in [-0.39, 0.29) is 0 Å². The Kier molecular flexibility index (Phi) is 13.8. The molecule has 3 rings (SSSR count). The molecule has 1 aromatic heterocycles. The van der Waals surface area contributed by atoms with Gasteiger partial charge in [0.2, 0.25) is 0 Å². The average molecular weight is 779 g/mol. The first kappa shape index (κ1) is 33.2. The first-order valence-corrected chi connectivity index (χ1v) is 20.5. The summed E-state index contributed by atoms with van der Waals surface area (Å²) in [6.45, 7) is 22.1. The van der Waals surface area contributed by atoms with Crippen molar-refractivity contribution in [1.29, 1.82) is 0 Å². The molecule has 6 heteroatoms. The molecule has 0 fully saturated rings. The monoisotopic (exact) mass is 779 g/mol. The van der Waals surface area contributed by atoms with Crippen LogP contribution >= 0.6 is 40.7 Å². The van der Waals surface area contributed by atoms with Crippen LogP contribution in [0.25, 0.3) is 0 Å². The van der Waals surface area contributed by atoms with Crippen LogP contribution in [0.1, 0.15) is 127 Å². The standard InChI is InChI=1S/C32H43N3.Fe.2HI/c1-19(2)25-13-11-14-26(20(3)4)31(25)33-23(9)29-17-18-30(35-29)24(10)34-32-27(21(5)6)15-12-16-28(32)22(7)8;;;/h11-22,35H,1-10H3;;2*1H/q;+2;;/p-2. The van der Waals surface area contributed by atoms with Gasteiger partial charge in [-0.3, -0.25) is 9.98 Å². The zero-order valence-corrected chi connectivity index (χ0v) is 29.9. The van der Waals surface area contributed by atoms with Gasteiger partial charge in [-0.25, -0.2) is 0 Å². The van der Waals surface area contributed by atoms with E-state index < -0.39 is 0 Å². The molecular weight excluding hydrogens is 736 g/mol. The fourth-order valence-electron chi connectivity index (χ4n) is 4.55. The quantitative estimate of drug-likeness (QED) is 0.134. The van der Waals surface area contributed by atoms with E-state index in [2.05, 4.69) is 163 Å². The second-order valence-corrected chi connectivity index (χ2v) is 20.2. The molecule has 0 unspecified atom stereocenters. The number of aromatic amines is 1. The van der Waals surface area contributed by atoms with Gasteiger partial charge in [-0.15, -0.1) is 0 Å². The summed E-state index contributed by atoms with van der Waals surface area (Å²) >= 11 is 4.55. The van der Waals surface area contributed by atoms with Crippen LogP contribution in [0.15, 0.2) is 58.5 Å². The third-order valence-corrected chi connectivity index (χ3v) is 6.71.